The maximum Gasteiger partial charge on any atom is 0.416 e. The van der Waals surface area contributed by atoms with Crippen molar-refractivity contribution in [2.24, 2.45) is 5.73 Å². The van der Waals surface area contributed by atoms with Crippen molar-refractivity contribution in [3.63, 3.8) is 0 Å². The Labute approximate surface area is 205 Å². The molecule has 186 valence electrons. The normalized spacial score (nSPS) is 16.0. The molecule has 0 aliphatic carbocycles. The van der Waals surface area contributed by atoms with Crippen molar-refractivity contribution in [1.29, 1.82) is 5.41 Å². The molecule has 1 atom stereocenters. The highest BCUT2D eigenvalue weighted by molar-refractivity contribution is 5.87. The van der Waals surface area contributed by atoms with Gasteiger partial charge in [-0.3, -0.25) is 5.41 Å². The number of hydrogen-bond acceptors (Lipinski definition) is 5. The van der Waals surface area contributed by atoms with Crippen LogP contribution in [0.5, 0.6) is 5.75 Å². The third kappa shape index (κ3) is 4.98. The van der Waals surface area contributed by atoms with Crippen molar-refractivity contribution >= 4 is 16.7 Å². The highest BCUT2D eigenvalue weighted by atomic mass is 19.4. The molecule has 1 fully saturated rings. The summed E-state index contributed by atoms with van der Waals surface area (Å²) < 4.78 is 50.0. The fraction of sp³-hybridized carbons (Fsp3) is 0.269. The van der Waals surface area contributed by atoms with E-state index in [2.05, 4.69) is 10.1 Å². The maximum atomic E-state index is 12.9. The van der Waals surface area contributed by atoms with Gasteiger partial charge in [0.05, 0.1) is 12.2 Å². The van der Waals surface area contributed by atoms with Crippen molar-refractivity contribution in [2.75, 3.05) is 13.2 Å². The lowest BCUT2D eigenvalue weighted by Gasteiger charge is -2.21. The van der Waals surface area contributed by atoms with Gasteiger partial charge in [0, 0.05) is 18.5 Å². The lowest BCUT2D eigenvalue weighted by molar-refractivity contribution is -0.137. The summed E-state index contributed by atoms with van der Waals surface area (Å²) in [6.07, 6.45) is -2.29. The molecule has 10 heteroatoms. The predicted molar refractivity (Wildman–Crippen MR) is 128 cm³/mol. The number of halogens is 3. The van der Waals surface area contributed by atoms with E-state index < -0.39 is 11.7 Å². The number of alkyl halides is 3. The second-order valence-electron chi connectivity index (χ2n) is 8.71. The number of benzene rings is 3. The molecular formula is C26H24F3N5O2. The third-order valence-electron chi connectivity index (χ3n) is 6.27. The number of nitrogens with two attached hydrogens (primary N) is 1. The van der Waals surface area contributed by atoms with Gasteiger partial charge in [-0.2, -0.15) is 18.2 Å². The Balaban J connectivity index is 1.26. The molecule has 4 aromatic rings. The number of rotatable bonds is 6. The highest BCUT2D eigenvalue weighted by Gasteiger charge is 2.32. The summed E-state index contributed by atoms with van der Waals surface area (Å²) in [4.78, 5) is 6.30. The summed E-state index contributed by atoms with van der Waals surface area (Å²) in [5, 5.41) is 13.7. The van der Waals surface area contributed by atoms with Crippen LogP contribution in [0.3, 0.4) is 0 Å². The molecule has 3 aromatic carbocycles. The zero-order valence-electron chi connectivity index (χ0n) is 19.3. The summed E-state index contributed by atoms with van der Waals surface area (Å²) in [6, 6.07) is 16.5. The molecule has 7 nitrogen and oxygen atoms in total. The Hall–Kier alpha value is -4.08. The molecule has 2 heterocycles. The highest BCUT2D eigenvalue weighted by Crippen LogP contribution is 2.33. The topological polar surface area (TPSA) is 101 Å². The number of nitrogens with one attached hydrogen (secondary N) is 1. The number of aromatic nitrogens is 2. The van der Waals surface area contributed by atoms with Crippen LogP contribution in [-0.4, -0.2) is 34.2 Å². The first-order chi connectivity index (χ1) is 17.3. The van der Waals surface area contributed by atoms with E-state index in [4.69, 9.17) is 20.4 Å². The van der Waals surface area contributed by atoms with E-state index in [1.165, 1.54) is 6.07 Å². The van der Waals surface area contributed by atoms with Crippen molar-refractivity contribution < 1.29 is 22.4 Å². The standard InChI is InChI=1S/C26H24F3N5O2/c27-26(28,29)20-4-1-3-16(13-20)10-12-35-21-9-8-17-14-19(7-6-18(17)15-21)23-32-24(36-33-23)22-5-2-11-34(22)25(30)31/h1,3-4,6-9,13-15,22H,2,5,10-12H2,(H3,30,31)/t22-/m0/s1. The molecule has 0 bridgehead atoms. The van der Waals surface area contributed by atoms with Crippen molar-refractivity contribution in [3.8, 4) is 17.1 Å². The molecule has 1 aliphatic heterocycles. The quantitative estimate of drug-likeness (QED) is 0.268. The maximum absolute atomic E-state index is 12.9. The number of guanidine groups is 1. The summed E-state index contributed by atoms with van der Waals surface area (Å²) in [5.41, 5.74) is 6.37. The Kier molecular flexibility index (Phi) is 6.26. The average molecular weight is 496 g/mol. The minimum absolute atomic E-state index is 0.00388. The number of fused-ring (bicyclic) bond motifs is 1. The van der Waals surface area contributed by atoms with Gasteiger partial charge in [-0.05, 0) is 53.4 Å². The van der Waals surface area contributed by atoms with Gasteiger partial charge in [0.1, 0.15) is 11.8 Å². The van der Waals surface area contributed by atoms with Gasteiger partial charge < -0.3 is 19.9 Å². The summed E-state index contributed by atoms with van der Waals surface area (Å²) in [6.45, 7) is 0.951. The first kappa shape index (κ1) is 23.7. The molecule has 0 spiro atoms. The van der Waals surface area contributed by atoms with Crippen LogP contribution in [-0.2, 0) is 12.6 Å². The Morgan fingerprint density at radius 1 is 1.11 bits per heavy atom. The van der Waals surface area contributed by atoms with Gasteiger partial charge >= 0.3 is 6.18 Å². The van der Waals surface area contributed by atoms with Crippen LogP contribution in [0.25, 0.3) is 22.2 Å². The van der Waals surface area contributed by atoms with Crippen LogP contribution in [0.15, 0.2) is 65.2 Å². The largest absolute Gasteiger partial charge is 0.493 e. The molecule has 0 radical (unpaired) electrons. The van der Waals surface area contributed by atoms with E-state index in [1.807, 2.05) is 36.4 Å². The van der Waals surface area contributed by atoms with Gasteiger partial charge in [-0.25, -0.2) is 0 Å². The monoisotopic (exact) mass is 495 g/mol. The SMILES string of the molecule is N=C(N)N1CCC[C@H]1c1nc(-c2ccc3cc(OCCc4cccc(C(F)(F)F)c4)ccc3c2)no1. The number of nitrogens with zero attached hydrogens (tertiary/aromatic N) is 3. The lowest BCUT2D eigenvalue weighted by Crippen LogP contribution is -2.35. The van der Waals surface area contributed by atoms with Crippen LogP contribution in [0, 0.1) is 5.41 Å². The van der Waals surface area contributed by atoms with E-state index >= 15 is 0 Å². The fourth-order valence-electron chi connectivity index (χ4n) is 4.44. The lowest BCUT2D eigenvalue weighted by atomic mass is 10.1. The molecule has 0 saturated carbocycles. The van der Waals surface area contributed by atoms with Gasteiger partial charge in [0.25, 0.3) is 0 Å². The average Bonchev–Trinajstić information content (AvgIpc) is 3.53. The molecule has 3 N–H and O–H groups in total. The van der Waals surface area contributed by atoms with Crippen LogP contribution in [0.4, 0.5) is 13.2 Å². The van der Waals surface area contributed by atoms with E-state index in [1.54, 1.807) is 11.0 Å². The van der Waals surface area contributed by atoms with Crippen LogP contribution < -0.4 is 10.5 Å². The molecular weight excluding hydrogens is 471 g/mol. The Bertz CT molecular complexity index is 1400. The molecule has 0 amide bonds. The van der Waals surface area contributed by atoms with Gasteiger partial charge in [0.15, 0.2) is 5.96 Å². The zero-order chi connectivity index (χ0) is 25.3. The molecule has 36 heavy (non-hydrogen) atoms. The van der Waals surface area contributed by atoms with Crippen LogP contribution >= 0.6 is 0 Å². The van der Waals surface area contributed by atoms with Gasteiger partial charge in [-0.1, -0.05) is 41.6 Å². The minimum atomic E-state index is -4.36. The Morgan fingerprint density at radius 2 is 1.92 bits per heavy atom. The smallest absolute Gasteiger partial charge is 0.416 e. The predicted octanol–water partition coefficient (Wildman–Crippen LogP) is 5.56. The van der Waals surface area contributed by atoms with E-state index in [0.29, 0.717) is 36.0 Å². The Morgan fingerprint density at radius 3 is 2.72 bits per heavy atom. The van der Waals surface area contributed by atoms with Crippen LogP contribution in [0.2, 0.25) is 0 Å². The number of ether oxygens (including phenoxy) is 1. The van der Waals surface area contributed by atoms with Crippen LogP contribution in [0.1, 0.15) is 35.9 Å². The molecule has 0 unspecified atom stereocenters. The van der Waals surface area contributed by atoms with Crippen molar-refractivity contribution in [3.05, 3.63) is 77.7 Å². The van der Waals surface area contributed by atoms with Gasteiger partial charge in [0.2, 0.25) is 11.7 Å². The second-order valence-corrected chi connectivity index (χ2v) is 8.71. The molecule has 1 saturated heterocycles. The molecule has 1 aromatic heterocycles. The summed E-state index contributed by atoms with van der Waals surface area (Å²) >= 11 is 0. The number of hydrogen-bond donors (Lipinski definition) is 2. The second kappa shape index (κ2) is 9.52. The summed E-state index contributed by atoms with van der Waals surface area (Å²) in [7, 11) is 0. The van der Waals surface area contributed by atoms with Gasteiger partial charge in [-0.15, -0.1) is 0 Å². The van der Waals surface area contributed by atoms with E-state index in [9.17, 15) is 13.2 Å². The molecule has 1 aliphatic rings. The molecule has 5 rings (SSSR count). The van der Waals surface area contributed by atoms with Crippen molar-refractivity contribution in [1.82, 2.24) is 15.0 Å². The van der Waals surface area contributed by atoms with E-state index in [0.717, 1.165) is 41.3 Å². The first-order valence-corrected chi connectivity index (χ1v) is 11.6. The fourth-order valence-corrected chi connectivity index (χ4v) is 4.44. The minimum Gasteiger partial charge on any atom is -0.493 e. The third-order valence-corrected chi connectivity index (χ3v) is 6.27. The first-order valence-electron chi connectivity index (χ1n) is 11.6. The number of likely N-dealkylation sites (tertiary alicyclic amines) is 1. The van der Waals surface area contributed by atoms with E-state index in [-0.39, 0.29) is 18.6 Å². The summed E-state index contributed by atoms with van der Waals surface area (Å²) in [5.74, 6) is 1.54. The zero-order valence-corrected chi connectivity index (χ0v) is 19.3. The van der Waals surface area contributed by atoms with Crippen molar-refractivity contribution in [2.45, 2.75) is 31.5 Å².